The van der Waals surface area contributed by atoms with E-state index in [9.17, 15) is 20.1 Å². The van der Waals surface area contributed by atoms with Crippen LogP contribution in [0.2, 0.25) is 0 Å². The number of phenolic OH excluding ortho intramolecular Hbond substituents is 3. The zero-order chi connectivity index (χ0) is 26.8. The van der Waals surface area contributed by atoms with Crippen molar-refractivity contribution in [1.29, 1.82) is 0 Å². The Hall–Kier alpha value is -4.65. The highest BCUT2D eigenvalue weighted by atomic mass is 16.5. The van der Waals surface area contributed by atoms with Crippen LogP contribution in [-0.2, 0) is 12.8 Å². The van der Waals surface area contributed by atoms with Crippen molar-refractivity contribution in [3.8, 4) is 28.7 Å². The minimum absolute atomic E-state index is 0.0154. The predicted molar refractivity (Wildman–Crippen MR) is 147 cm³/mol. The SMILES string of the molecule is COc1c(O)c(C[C@@H]2CCc3cc4[nH]ccc4c4cccc2c34)c2c(c1O)C(=O)CC(c1ccc(O)cc1)O2. The average molecular weight is 522 g/mol. The van der Waals surface area contributed by atoms with Crippen LogP contribution in [0.3, 0.4) is 0 Å². The van der Waals surface area contributed by atoms with E-state index in [0.717, 1.165) is 23.9 Å². The summed E-state index contributed by atoms with van der Waals surface area (Å²) in [7, 11) is 1.36. The molecule has 0 amide bonds. The van der Waals surface area contributed by atoms with Gasteiger partial charge in [0.05, 0.1) is 13.5 Å². The fraction of sp³-hybridized carbons (Fsp3) is 0.219. The van der Waals surface area contributed by atoms with Gasteiger partial charge in [-0.3, -0.25) is 4.79 Å². The minimum atomic E-state index is -0.617. The highest BCUT2D eigenvalue weighted by Gasteiger charge is 2.37. The van der Waals surface area contributed by atoms with E-state index in [1.165, 1.54) is 34.4 Å². The Bertz CT molecular complexity index is 1790. The third-order valence-electron chi connectivity index (χ3n) is 8.29. The van der Waals surface area contributed by atoms with Crippen LogP contribution in [0.4, 0.5) is 0 Å². The van der Waals surface area contributed by atoms with E-state index in [-0.39, 0.29) is 46.7 Å². The van der Waals surface area contributed by atoms with Crippen LogP contribution in [0.15, 0.2) is 60.8 Å². The number of hydrogen-bond donors (Lipinski definition) is 4. The molecule has 0 bridgehead atoms. The Labute approximate surface area is 224 Å². The monoisotopic (exact) mass is 521 g/mol. The van der Waals surface area contributed by atoms with Crippen LogP contribution in [-0.4, -0.2) is 33.2 Å². The highest BCUT2D eigenvalue weighted by Crippen LogP contribution is 2.53. The number of aromatic hydroxyl groups is 3. The smallest absolute Gasteiger partial charge is 0.204 e. The molecule has 1 aromatic heterocycles. The number of fused-ring (bicyclic) bond motifs is 3. The molecule has 7 nitrogen and oxygen atoms in total. The molecular weight excluding hydrogens is 494 g/mol. The molecule has 1 aliphatic carbocycles. The lowest BCUT2D eigenvalue weighted by molar-refractivity contribution is 0.0840. The van der Waals surface area contributed by atoms with Crippen LogP contribution >= 0.6 is 0 Å². The third kappa shape index (κ3) is 3.53. The van der Waals surface area contributed by atoms with Crippen LogP contribution in [0.1, 0.15) is 57.5 Å². The number of benzene rings is 4. The fourth-order valence-corrected chi connectivity index (χ4v) is 6.45. The third-order valence-corrected chi connectivity index (χ3v) is 8.29. The van der Waals surface area contributed by atoms with Gasteiger partial charge < -0.3 is 29.8 Å². The summed E-state index contributed by atoms with van der Waals surface area (Å²) in [5, 5.41) is 35.6. The molecule has 0 radical (unpaired) electrons. The quantitative estimate of drug-likeness (QED) is 0.217. The van der Waals surface area contributed by atoms with E-state index in [1.54, 1.807) is 24.3 Å². The van der Waals surface area contributed by atoms with Crippen molar-refractivity contribution >= 4 is 27.5 Å². The second-order valence-electron chi connectivity index (χ2n) is 10.4. The first-order valence-corrected chi connectivity index (χ1v) is 13.1. The number of ether oxygens (including phenoxy) is 2. The topological polar surface area (TPSA) is 112 Å². The van der Waals surface area contributed by atoms with Crippen LogP contribution in [0, 0.1) is 0 Å². The number of H-pyrrole nitrogens is 1. The number of hydrogen-bond acceptors (Lipinski definition) is 6. The van der Waals surface area contributed by atoms with Gasteiger partial charge in [-0.1, -0.05) is 30.3 Å². The van der Waals surface area contributed by atoms with Gasteiger partial charge in [-0.25, -0.2) is 0 Å². The molecule has 1 unspecified atom stereocenters. The summed E-state index contributed by atoms with van der Waals surface area (Å²) in [6.45, 7) is 0. The molecule has 0 fully saturated rings. The first-order chi connectivity index (χ1) is 18.9. The maximum absolute atomic E-state index is 13.4. The lowest BCUT2D eigenvalue weighted by Gasteiger charge is -2.31. The first kappa shape index (κ1) is 23.5. The standard InChI is InChI=1S/C32H27NO6/c1-38-32-29(36)23(31-28(30(32)37)25(35)15-26(39-31)16-7-9-19(34)10-8-16)13-17-5-6-18-14-24-21(11-12-33-24)22-4-2-3-20(17)27(18)22/h2-4,7-12,14,17,26,33-34,36-37H,5-6,13,15H2,1H3/t17-,26?/m0/s1. The molecule has 1 aliphatic heterocycles. The normalized spacial score (nSPS) is 18.2. The summed E-state index contributed by atoms with van der Waals surface area (Å²) in [4.78, 5) is 16.7. The van der Waals surface area contributed by atoms with Crippen LogP contribution in [0.25, 0.3) is 21.7 Å². The van der Waals surface area contributed by atoms with Crippen molar-refractivity contribution in [2.75, 3.05) is 7.11 Å². The number of nitrogens with one attached hydrogen (secondary N) is 1. The number of rotatable bonds is 4. The van der Waals surface area contributed by atoms with Gasteiger partial charge in [0.25, 0.3) is 0 Å². The Morgan fingerprint density at radius 3 is 2.64 bits per heavy atom. The number of phenols is 3. The van der Waals surface area contributed by atoms with Crippen molar-refractivity contribution in [2.45, 2.75) is 37.7 Å². The average Bonchev–Trinajstić information content (AvgIpc) is 3.41. The number of Topliss-reactive ketones (excluding diaryl/α,β-unsaturated/α-hetero) is 1. The molecule has 0 saturated carbocycles. The molecule has 7 rings (SSSR count). The van der Waals surface area contributed by atoms with Crippen molar-refractivity contribution in [1.82, 2.24) is 4.98 Å². The minimum Gasteiger partial charge on any atom is -0.508 e. The summed E-state index contributed by atoms with van der Waals surface area (Å²) < 4.78 is 11.7. The van der Waals surface area contributed by atoms with Crippen molar-refractivity contribution < 1.29 is 29.6 Å². The molecule has 0 spiro atoms. The Kier molecular flexibility index (Phi) is 5.23. The molecule has 7 heteroatoms. The van der Waals surface area contributed by atoms with Gasteiger partial charge in [0.1, 0.15) is 23.2 Å². The second-order valence-corrected chi connectivity index (χ2v) is 10.4. The zero-order valence-corrected chi connectivity index (χ0v) is 21.3. The van der Waals surface area contributed by atoms with Gasteiger partial charge in [0, 0.05) is 22.7 Å². The van der Waals surface area contributed by atoms with Crippen LogP contribution < -0.4 is 9.47 Å². The molecule has 2 atom stereocenters. The van der Waals surface area contributed by atoms with Crippen LogP contribution in [0.5, 0.6) is 28.7 Å². The molecule has 39 heavy (non-hydrogen) atoms. The van der Waals surface area contributed by atoms with Crippen molar-refractivity contribution in [3.05, 3.63) is 88.6 Å². The molecule has 196 valence electrons. The Balaban J connectivity index is 1.36. The molecule has 5 aromatic rings. The summed E-state index contributed by atoms with van der Waals surface area (Å²) in [6, 6.07) is 17.2. The number of aromatic nitrogens is 1. The Morgan fingerprint density at radius 2 is 1.85 bits per heavy atom. The van der Waals surface area contributed by atoms with E-state index in [0.29, 0.717) is 12.0 Å². The number of aromatic amines is 1. The summed E-state index contributed by atoms with van der Waals surface area (Å²) in [5.74, 6) is -0.676. The first-order valence-electron chi connectivity index (χ1n) is 13.1. The molecule has 0 saturated heterocycles. The van der Waals surface area contributed by atoms with Gasteiger partial charge in [0.2, 0.25) is 5.75 Å². The lowest BCUT2D eigenvalue weighted by atomic mass is 9.77. The van der Waals surface area contributed by atoms with E-state index in [4.69, 9.17) is 9.47 Å². The predicted octanol–water partition coefficient (Wildman–Crippen LogP) is 6.43. The van der Waals surface area contributed by atoms with E-state index in [2.05, 4.69) is 35.3 Å². The molecule has 2 aliphatic rings. The van der Waals surface area contributed by atoms with Crippen molar-refractivity contribution in [2.24, 2.45) is 0 Å². The van der Waals surface area contributed by atoms with Gasteiger partial charge >= 0.3 is 0 Å². The number of methoxy groups -OCH3 is 1. The number of carbonyl (C=O) groups excluding carboxylic acids is 1. The largest absolute Gasteiger partial charge is 0.508 e. The van der Waals surface area contributed by atoms with E-state index in [1.807, 2.05) is 6.20 Å². The van der Waals surface area contributed by atoms with E-state index < -0.39 is 11.9 Å². The molecular formula is C32H27NO6. The molecule has 2 heterocycles. The second kappa shape index (κ2) is 8.70. The van der Waals surface area contributed by atoms with Gasteiger partial charge in [-0.05, 0) is 76.9 Å². The number of ketones is 1. The summed E-state index contributed by atoms with van der Waals surface area (Å²) in [5.41, 5.74) is 4.81. The van der Waals surface area contributed by atoms with Gasteiger partial charge in [0.15, 0.2) is 17.3 Å². The maximum atomic E-state index is 13.4. The highest BCUT2D eigenvalue weighted by molar-refractivity contribution is 6.09. The summed E-state index contributed by atoms with van der Waals surface area (Å²) >= 11 is 0. The molecule has 4 N–H and O–H groups in total. The summed E-state index contributed by atoms with van der Waals surface area (Å²) in [6.07, 6.45) is 3.49. The lowest BCUT2D eigenvalue weighted by Crippen LogP contribution is -2.23. The fourth-order valence-electron chi connectivity index (χ4n) is 6.45. The number of carbonyl (C=O) groups is 1. The van der Waals surface area contributed by atoms with Crippen molar-refractivity contribution in [3.63, 3.8) is 0 Å². The number of aryl methyl sites for hydroxylation is 1. The van der Waals surface area contributed by atoms with Gasteiger partial charge in [-0.15, -0.1) is 0 Å². The molecule has 4 aromatic carbocycles. The maximum Gasteiger partial charge on any atom is 0.204 e. The Morgan fingerprint density at radius 1 is 1.03 bits per heavy atom. The zero-order valence-electron chi connectivity index (χ0n) is 21.3. The van der Waals surface area contributed by atoms with E-state index >= 15 is 0 Å². The van der Waals surface area contributed by atoms with Gasteiger partial charge in [-0.2, -0.15) is 0 Å².